The Morgan fingerprint density at radius 1 is 1.36 bits per heavy atom. The number of piperidine rings is 1. The largest absolute Gasteiger partial charge is 0.385 e. The zero-order chi connectivity index (χ0) is 18.1. The Kier molecular flexibility index (Phi) is 7.85. The van der Waals surface area contributed by atoms with Crippen molar-refractivity contribution in [2.45, 2.75) is 39.2 Å². The number of nitrogens with zero attached hydrogens (tertiary/aromatic N) is 3. The SMILES string of the molecule is CCC(=O)N1CCC[C@@H](C(=O)N(CCCOC)Cc2ccncc2)C1. The van der Waals surface area contributed by atoms with Crippen LogP contribution in [0.2, 0.25) is 0 Å². The minimum absolute atomic E-state index is 0.103. The van der Waals surface area contributed by atoms with Gasteiger partial charge in [0, 0.05) is 58.7 Å². The lowest BCUT2D eigenvalue weighted by molar-refractivity contribution is -0.141. The second-order valence-electron chi connectivity index (χ2n) is 6.49. The van der Waals surface area contributed by atoms with Crippen molar-refractivity contribution in [3.8, 4) is 0 Å². The Hall–Kier alpha value is -1.95. The average molecular weight is 347 g/mol. The number of aromatic nitrogens is 1. The van der Waals surface area contributed by atoms with Crippen molar-refractivity contribution >= 4 is 11.8 Å². The predicted octanol–water partition coefficient (Wildman–Crippen LogP) is 2.10. The van der Waals surface area contributed by atoms with Crippen molar-refractivity contribution < 1.29 is 14.3 Å². The summed E-state index contributed by atoms with van der Waals surface area (Å²) in [6.45, 7) is 5.04. The Morgan fingerprint density at radius 3 is 2.80 bits per heavy atom. The van der Waals surface area contributed by atoms with Gasteiger partial charge in [-0.2, -0.15) is 0 Å². The van der Waals surface area contributed by atoms with Gasteiger partial charge in [-0.15, -0.1) is 0 Å². The number of carbonyl (C=O) groups excluding carboxylic acids is 2. The van der Waals surface area contributed by atoms with E-state index in [0.717, 1.165) is 31.4 Å². The van der Waals surface area contributed by atoms with Gasteiger partial charge in [-0.1, -0.05) is 6.92 Å². The molecule has 0 saturated carbocycles. The van der Waals surface area contributed by atoms with Crippen LogP contribution in [0.25, 0.3) is 0 Å². The molecular weight excluding hydrogens is 318 g/mol. The first-order valence-electron chi connectivity index (χ1n) is 9.10. The minimum Gasteiger partial charge on any atom is -0.385 e. The Bertz CT molecular complexity index is 550. The lowest BCUT2D eigenvalue weighted by Gasteiger charge is -2.35. The monoisotopic (exact) mass is 347 g/mol. The van der Waals surface area contributed by atoms with Crippen molar-refractivity contribution in [3.63, 3.8) is 0 Å². The first-order chi connectivity index (χ1) is 12.2. The molecule has 0 N–H and O–H groups in total. The average Bonchev–Trinajstić information content (AvgIpc) is 2.67. The summed E-state index contributed by atoms with van der Waals surface area (Å²) in [6.07, 6.45) is 6.53. The number of methoxy groups -OCH3 is 1. The fourth-order valence-electron chi connectivity index (χ4n) is 3.26. The summed E-state index contributed by atoms with van der Waals surface area (Å²) >= 11 is 0. The van der Waals surface area contributed by atoms with Crippen molar-refractivity contribution in [2.75, 3.05) is 33.4 Å². The van der Waals surface area contributed by atoms with Gasteiger partial charge in [-0.25, -0.2) is 0 Å². The van der Waals surface area contributed by atoms with Crippen LogP contribution in [-0.4, -0.2) is 59.9 Å². The minimum atomic E-state index is -0.103. The zero-order valence-corrected chi connectivity index (χ0v) is 15.3. The van der Waals surface area contributed by atoms with Crippen LogP contribution in [0.15, 0.2) is 24.5 Å². The van der Waals surface area contributed by atoms with E-state index in [9.17, 15) is 9.59 Å². The Balaban J connectivity index is 2.03. The van der Waals surface area contributed by atoms with E-state index in [2.05, 4.69) is 4.98 Å². The first kappa shape index (κ1) is 19.4. The fourth-order valence-corrected chi connectivity index (χ4v) is 3.26. The van der Waals surface area contributed by atoms with Crippen LogP contribution < -0.4 is 0 Å². The molecule has 1 aromatic heterocycles. The maximum absolute atomic E-state index is 13.1. The van der Waals surface area contributed by atoms with Crippen molar-refractivity contribution in [2.24, 2.45) is 5.92 Å². The van der Waals surface area contributed by atoms with Gasteiger partial charge in [0.1, 0.15) is 0 Å². The highest BCUT2D eigenvalue weighted by atomic mass is 16.5. The van der Waals surface area contributed by atoms with E-state index in [1.54, 1.807) is 19.5 Å². The van der Waals surface area contributed by atoms with Crippen LogP contribution >= 0.6 is 0 Å². The molecule has 0 spiro atoms. The third-order valence-corrected chi connectivity index (χ3v) is 4.64. The molecule has 0 aliphatic carbocycles. The molecule has 6 heteroatoms. The number of rotatable bonds is 8. The summed E-state index contributed by atoms with van der Waals surface area (Å²) < 4.78 is 5.13. The molecule has 1 aliphatic rings. The lowest BCUT2D eigenvalue weighted by atomic mass is 9.96. The van der Waals surface area contributed by atoms with E-state index >= 15 is 0 Å². The van der Waals surface area contributed by atoms with E-state index in [1.165, 1.54) is 0 Å². The van der Waals surface area contributed by atoms with Gasteiger partial charge in [0.15, 0.2) is 0 Å². The molecule has 1 atom stereocenters. The number of pyridine rings is 1. The molecule has 0 unspecified atom stereocenters. The van der Waals surface area contributed by atoms with Gasteiger partial charge in [0.2, 0.25) is 11.8 Å². The smallest absolute Gasteiger partial charge is 0.227 e. The molecule has 138 valence electrons. The molecule has 1 fully saturated rings. The van der Waals surface area contributed by atoms with E-state index in [4.69, 9.17) is 4.74 Å². The first-order valence-corrected chi connectivity index (χ1v) is 9.10. The van der Waals surface area contributed by atoms with Crippen molar-refractivity contribution in [1.29, 1.82) is 0 Å². The summed E-state index contributed by atoms with van der Waals surface area (Å²) in [5.74, 6) is 0.174. The topological polar surface area (TPSA) is 62.7 Å². The Labute approximate surface area is 150 Å². The second kappa shape index (κ2) is 10.1. The number of hydrogen-bond acceptors (Lipinski definition) is 4. The summed E-state index contributed by atoms with van der Waals surface area (Å²) in [5.41, 5.74) is 1.07. The van der Waals surface area contributed by atoms with Crippen LogP contribution in [0, 0.1) is 5.92 Å². The molecule has 1 saturated heterocycles. The maximum Gasteiger partial charge on any atom is 0.227 e. The number of ether oxygens (including phenoxy) is 1. The summed E-state index contributed by atoms with van der Waals surface area (Å²) in [6, 6.07) is 3.87. The third kappa shape index (κ3) is 5.81. The van der Waals surface area contributed by atoms with Gasteiger partial charge in [0.25, 0.3) is 0 Å². The Morgan fingerprint density at radius 2 is 2.12 bits per heavy atom. The molecule has 1 aliphatic heterocycles. The normalized spacial score (nSPS) is 17.4. The number of carbonyl (C=O) groups is 2. The van der Waals surface area contributed by atoms with Crippen LogP contribution in [0.1, 0.15) is 38.2 Å². The molecule has 1 aromatic rings. The highest BCUT2D eigenvalue weighted by Gasteiger charge is 2.30. The predicted molar refractivity (Wildman–Crippen MR) is 95.7 cm³/mol. The number of likely N-dealkylation sites (tertiary alicyclic amines) is 1. The third-order valence-electron chi connectivity index (χ3n) is 4.64. The van der Waals surface area contributed by atoms with Crippen molar-refractivity contribution in [3.05, 3.63) is 30.1 Å². The van der Waals surface area contributed by atoms with Crippen LogP contribution in [0.4, 0.5) is 0 Å². The van der Waals surface area contributed by atoms with Crippen LogP contribution in [-0.2, 0) is 20.9 Å². The number of amides is 2. The molecular formula is C19H29N3O3. The molecule has 6 nitrogen and oxygen atoms in total. The van der Waals surface area contributed by atoms with Gasteiger partial charge >= 0.3 is 0 Å². The van der Waals surface area contributed by atoms with Gasteiger partial charge in [0.05, 0.1) is 5.92 Å². The molecule has 2 amide bonds. The molecule has 2 rings (SSSR count). The highest BCUT2D eigenvalue weighted by Crippen LogP contribution is 2.21. The van der Waals surface area contributed by atoms with E-state index in [1.807, 2.05) is 28.9 Å². The van der Waals surface area contributed by atoms with Gasteiger partial charge in [-0.3, -0.25) is 14.6 Å². The molecule has 2 heterocycles. The summed E-state index contributed by atoms with van der Waals surface area (Å²) in [5, 5.41) is 0. The van der Waals surface area contributed by atoms with E-state index < -0.39 is 0 Å². The number of hydrogen-bond donors (Lipinski definition) is 0. The van der Waals surface area contributed by atoms with Gasteiger partial charge in [-0.05, 0) is 37.0 Å². The quantitative estimate of drug-likeness (QED) is 0.676. The maximum atomic E-state index is 13.1. The molecule has 25 heavy (non-hydrogen) atoms. The highest BCUT2D eigenvalue weighted by molar-refractivity contribution is 5.81. The lowest BCUT2D eigenvalue weighted by Crippen LogP contribution is -2.46. The zero-order valence-electron chi connectivity index (χ0n) is 15.3. The summed E-state index contributed by atoms with van der Waals surface area (Å²) in [4.78, 5) is 32.8. The fraction of sp³-hybridized carbons (Fsp3) is 0.632. The van der Waals surface area contributed by atoms with E-state index in [0.29, 0.717) is 32.7 Å². The molecule has 0 radical (unpaired) electrons. The molecule has 0 aromatic carbocycles. The molecule has 0 bridgehead atoms. The summed E-state index contributed by atoms with van der Waals surface area (Å²) in [7, 11) is 1.67. The van der Waals surface area contributed by atoms with Crippen LogP contribution in [0.3, 0.4) is 0 Å². The van der Waals surface area contributed by atoms with Crippen LogP contribution in [0.5, 0.6) is 0 Å². The standard InChI is InChI=1S/C19H29N3O3/c1-3-18(23)21-11-4-6-17(15-21)19(24)22(12-5-13-25-2)14-16-7-9-20-10-8-16/h7-10,17H,3-6,11-15H2,1-2H3/t17-/m1/s1. The second-order valence-corrected chi connectivity index (χ2v) is 6.49. The van der Waals surface area contributed by atoms with E-state index in [-0.39, 0.29) is 17.7 Å². The van der Waals surface area contributed by atoms with Crippen molar-refractivity contribution in [1.82, 2.24) is 14.8 Å². The van der Waals surface area contributed by atoms with Gasteiger partial charge < -0.3 is 14.5 Å².